The number of urea groups is 1. The Balaban J connectivity index is 2.08. The van der Waals surface area contributed by atoms with Gasteiger partial charge in [-0.1, -0.05) is 0 Å². The number of esters is 1. The standard InChI is InChI=1S/C9H16N2O3/c1-2-14-8(12)4-3-6-11-7-5-10-9(11)13/h2-7H2,1H3,(H,10,13). The molecule has 1 rings (SSSR count). The first-order valence-electron chi connectivity index (χ1n) is 4.92. The zero-order valence-electron chi connectivity index (χ0n) is 8.41. The van der Waals surface area contributed by atoms with Gasteiger partial charge in [0.1, 0.15) is 0 Å². The van der Waals surface area contributed by atoms with Crippen molar-refractivity contribution in [3.8, 4) is 0 Å². The molecule has 1 saturated heterocycles. The molecule has 1 N–H and O–H groups in total. The van der Waals surface area contributed by atoms with E-state index in [4.69, 9.17) is 4.74 Å². The van der Waals surface area contributed by atoms with Crippen LogP contribution in [0.5, 0.6) is 0 Å². The molecule has 14 heavy (non-hydrogen) atoms. The minimum absolute atomic E-state index is 0.0335. The van der Waals surface area contributed by atoms with Crippen LogP contribution < -0.4 is 5.32 Å². The lowest BCUT2D eigenvalue weighted by atomic mass is 10.3. The summed E-state index contributed by atoms with van der Waals surface area (Å²) < 4.78 is 4.78. The summed E-state index contributed by atoms with van der Waals surface area (Å²) in [5.41, 5.74) is 0. The van der Waals surface area contributed by atoms with Crippen molar-refractivity contribution in [3.05, 3.63) is 0 Å². The molecule has 1 aliphatic rings. The molecular weight excluding hydrogens is 184 g/mol. The molecule has 1 heterocycles. The molecule has 5 heteroatoms. The van der Waals surface area contributed by atoms with Crippen LogP contribution in [0.15, 0.2) is 0 Å². The fourth-order valence-electron chi connectivity index (χ4n) is 1.37. The smallest absolute Gasteiger partial charge is 0.317 e. The van der Waals surface area contributed by atoms with Gasteiger partial charge < -0.3 is 15.0 Å². The molecule has 0 atom stereocenters. The fraction of sp³-hybridized carbons (Fsp3) is 0.778. The number of hydrogen-bond acceptors (Lipinski definition) is 3. The Morgan fingerprint density at radius 1 is 1.64 bits per heavy atom. The van der Waals surface area contributed by atoms with Crippen LogP contribution in [0.25, 0.3) is 0 Å². The van der Waals surface area contributed by atoms with Gasteiger partial charge in [-0.05, 0) is 13.3 Å². The van der Waals surface area contributed by atoms with Crippen LogP contribution in [0.4, 0.5) is 4.79 Å². The van der Waals surface area contributed by atoms with Gasteiger partial charge in [-0.2, -0.15) is 0 Å². The van der Waals surface area contributed by atoms with Crippen molar-refractivity contribution in [3.63, 3.8) is 0 Å². The summed E-state index contributed by atoms with van der Waals surface area (Å²) in [7, 11) is 0. The van der Waals surface area contributed by atoms with Gasteiger partial charge in [0.25, 0.3) is 0 Å². The van der Waals surface area contributed by atoms with Crippen LogP contribution >= 0.6 is 0 Å². The number of nitrogens with zero attached hydrogens (tertiary/aromatic N) is 1. The summed E-state index contributed by atoms with van der Waals surface area (Å²) in [6.45, 7) is 4.28. The summed E-state index contributed by atoms with van der Waals surface area (Å²) >= 11 is 0. The number of amides is 2. The highest BCUT2D eigenvalue weighted by molar-refractivity contribution is 5.76. The lowest BCUT2D eigenvalue weighted by Gasteiger charge is -2.12. The van der Waals surface area contributed by atoms with Gasteiger partial charge >= 0.3 is 12.0 Å². The number of hydrogen-bond donors (Lipinski definition) is 1. The van der Waals surface area contributed by atoms with Crippen molar-refractivity contribution >= 4 is 12.0 Å². The second-order valence-corrected chi connectivity index (χ2v) is 3.13. The number of carbonyl (C=O) groups is 2. The van der Waals surface area contributed by atoms with Crippen molar-refractivity contribution in [1.82, 2.24) is 10.2 Å². The molecule has 1 aliphatic heterocycles. The second kappa shape index (κ2) is 5.47. The molecule has 0 unspecified atom stereocenters. The first kappa shape index (κ1) is 10.8. The Kier molecular flexibility index (Phi) is 4.22. The molecule has 0 bridgehead atoms. The number of rotatable bonds is 5. The Morgan fingerprint density at radius 2 is 2.43 bits per heavy atom. The average Bonchev–Trinajstić information content (AvgIpc) is 2.52. The highest BCUT2D eigenvalue weighted by Crippen LogP contribution is 2.01. The van der Waals surface area contributed by atoms with Crippen LogP contribution in [0, 0.1) is 0 Å². The van der Waals surface area contributed by atoms with Crippen LogP contribution in [0.2, 0.25) is 0 Å². The van der Waals surface area contributed by atoms with Crippen molar-refractivity contribution < 1.29 is 14.3 Å². The summed E-state index contributed by atoms with van der Waals surface area (Å²) in [4.78, 5) is 23.7. The monoisotopic (exact) mass is 200 g/mol. The van der Waals surface area contributed by atoms with Crippen LogP contribution in [0.3, 0.4) is 0 Å². The molecule has 5 nitrogen and oxygen atoms in total. The zero-order chi connectivity index (χ0) is 10.4. The summed E-state index contributed by atoms with van der Waals surface area (Å²) in [5.74, 6) is -0.188. The normalized spacial score (nSPS) is 15.5. The van der Waals surface area contributed by atoms with Crippen LogP contribution in [0.1, 0.15) is 19.8 Å². The van der Waals surface area contributed by atoms with Gasteiger partial charge in [0, 0.05) is 26.1 Å². The lowest BCUT2D eigenvalue weighted by Crippen LogP contribution is -2.29. The van der Waals surface area contributed by atoms with E-state index >= 15 is 0 Å². The van der Waals surface area contributed by atoms with Gasteiger partial charge in [0.2, 0.25) is 0 Å². The maximum absolute atomic E-state index is 11.1. The van der Waals surface area contributed by atoms with Gasteiger partial charge in [0.05, 0.1) is 6.61 Å². The molecule has 0 spiro atoms. The number of nitrogens with one attached hydrogen (secondary N) is 1. The van der Waals surface area contributed by atoms with Gasteiger partial charge in [0.15, 0.2) is 0 Å². The van der Waals surface area contributed by atoms with Crippen LogP contribution in [-0.4, -0.2) is 43.1 Å². The van der Waals surface area contributed by atoms with E-state index in [1.54, 1.807) is 11.8 Å². The largest absolute Gasteiger partial charge is 0.466 e. The molecule has 0 aromatic carbocycles. The lowest BCUT2D eigenvalue weighted by molar-refractivity contribution is -0.143. The molecular formula is C9H16N2O3. The minimum Gasteiger partial charge on any atom is -0.466 e. The Morgan fingerprint density at radius 3 is 3.00 bits per heavy atom. The first-order valence-corrected chi connectivity index (χ1v) is 4.92. The molecule has 1 fully saturated rings. The molecule has 0 aromatic heterocycles. The molecule has 0 aliphatic carbocycles. The molecule has 0 aromatic rings. The fourth-order valence-corrected chi connectivity index (χ4v) is 1.37. The second-order valence-electron chi connectivity index (χ2n) is 3.13. The van der Waals surface area contributed by atoms with Crippen molar-refractivity contribution in [2.75, 3.05) is 26.2 Å². The SMILES string of the molecule is CCOC(=O)CCCN1CCNC1=O. The summed E-state index contributed by atoms with van der Waals surface area (Å²) in [5, 5.41) is 2.70. The van der Waals surface area contributed by atoms with Crippen molar-refractivity contribution in [2.24, 2.45) is 0 Å². The maximum atomic E-state index is 11.1. The molecule has 80 valence electrons. The van der Waals surface area contributed by atoms with E-state index in [9.17, 15) is 9.59 Å². The van der Waals surface area contributed by atoms with E-state index in [2.05, 4.69) is 5.32 Å². The molecule has 0 radical (unpaired) electrons. The Bertz CT molecular complexity index is 218. The first-order chi connectivity index (χ1) is 6.74. The third-order valence-corrected chi connectivity index (χ3v) is 2.06. The van der Waals surface area contributed by atoms with Gasteiger partial charge in [-0.25, -0.2) is 4.79 Å². The van der Waals surface area contributed by atoms with Gasteiger partial charge in [-0.3, -0.25) is 4.79 Å². The molecule has 2 amide bonds. The Hall–Kier alpha value is -1.26. The van der Waals surface area contributed by atoms with E-state index in [1.807, 2.05) is 0 Å². The third kappa shape index (κ3) is 3.24. The summed E-state index contributed by atoms with van der Waals surface area (Å²) in [6.07, 6.45) is 1.06. The van der Waals surface area contributed by atoms with Gasteiger partial charge in [-0.15, -0.1) is 0 Å². The molecule has 0 saturated carbocycles. The van der Waals surface area contributed by atoms with E-state index in [0.29, 0.717) is 32.5 Å². The predicted octanol–water partition coefficient (Wildman–Crippen LogP) is 0.355. The average molecular weight is 200 g/mol. The highest BCUT2D eigenvalue weighted by Gasteiger charge is 2.18. The van der Waals surface area contributed by atoms with E-state index < -0.39 is 0 Å². The Labute approximate surface area is 83.4 Å². The highest BCUT2D eigenvalue weighted by atomic mass is 16.5. The van der Waals surface area contributed by atoms with E-state index in [1.165, 1.54) is 0 Å². The topological polar surface area (TPSA) is 58.6 Å². The quantitative estimate of drug-likeness (QED) is 0.652. The predicted molar refractivity (Wildman–Crippen MR) is 50.8 cm³/mol. The zero-order valence-corrected chi connectivity index (χ0v) is 8.41. The number of carbonyl (C=O) groups excluding carboxylic acids is 2. The summed E-state index contributed by atoms with van der Waals surface area (Å²) in [6, 6.07) is -0.0335. The maximum Gasteiger partial charge on any atom is 0.317 e. The number of ether oxygens (including phenoxy) is 1. The van der Waals surface area contributed by atoms with Crippen LogP contribution in [-0.2, 0) is 9.53 Å². The van der Waals surface area contributed by atoms with E-state index in [0.717, 1.165) is 6.54 Å². The minimum atomic E-state index is -0.188. The van der Waals surface area contributed by atoms with E-state index in [-0.39, 0.29) is 12.0 Å². The van der Waals surface area contributed by atoms with Crippen molar-refractivity contribution in [1.29, 1.82) is 0 Å². The third-order valence-electron chi connectivity index (χ3n) is 2.06. The van der Waals surface area contributed by atoms with Crippen molar-refractivity contribution in [2.45, 2.75) is 19.8 Å².